The molecule has 5 rings (SSSR count). The van der Waals surface area contributed by atoms with E-state index in [0.29, 0.717) is 45.1 Å². The molecule has 0 aliphatic carbocycles. The molecule has 0 amide bonds. The third-order valence-corrected chi connectivity index (χ3v) is 6.46. The summed E-state index contributed by atoms with van der Waals surface area (Å²) in [5.74, 6) is -0.404. The number of ether oxygens (including phenoxy) is 2. The number of alkyl halides is 2. The minimum atomic E-state index is -2.62. The molecule has 0 radical (unpaired) electrons. The number of aryl methyl sites for hydroxylation is 1. The molecule has 0 saturated heterocycles. The molecular weight excluding hydrogens is 464 g/mol. The van der Waals surface area contributed by atoms with Crippen molar-refractivity contribution in [2.24, 2.45) is 0 Å². The van der Waals surface area contributed by atoms with Crippen LogP contribution in [0.15, 0.2) is 48.7 Å². The van der Waals surface area contributed by atoms with Crippen LogP contribution in [0, 0.1) is 6.92 Å². The standard InChI is InChI=1S/C29H27F2NO4/c1-15-13-18-14-17(27(30)31)5-6-19(18)24(22(15)26(28(33)34)36-29(2,3)4)20-7-8-21-23-16(10-12-35-21)9-11-32-25(20)23/h5-9,11,13-14,26-27H,10,12H2,1-4H3,(H,33,34)/t26-/m0/s1. The van der Waals surface area contributed by atoms with Crippen molar-refractivity contribution in [1.29, 1.82) is 0 Å². The molecule has 1 aliphatic heterocycles. The fourth-order valence-corrected chi connectivity index (χ4v) is 5.04. The summed E-state index contributed by atoms with van der Waals surface area (Å²) in [7, 11) is 0. The third-order valence-electron chi connectivity index (χ3n) is 6.46. The molecule has 0 unspecified atom stereocenters. The number of rotatable bonds is 5. The van der Waals surface area contributed by atoms with Crippen molar-refractivity contribution in [3.05, 3.63) is 70.9 Å². The molecule has 0 spiro atoms. The number of aliphatic carboxylic acids is 1. The Balaban J connectivity index is 1.91. The summed E-state index contributed by atoms with van der Waals surface area (Å²) in [6.45, 7) is 7.76. The van der Waals surface area contributed by atoms with E-state index in [1.54, 1.807) is 46.0 Å². The Hall–Kier alpha value is -3.58. The van der Waals surface area contributed by atoms with Crippen molar-refractivity contribution in [2.45, 2.75) is 52.2 Å². The minimum Gasteiger partial charge on any atom is -0.493 e. The first kappa shape index (κ1) is 24.1. The van der Waals surface area contributed by atoms with Crippen LogP contribution in [-0.4, -0.2) is 28.3 Å². The van der Waals surface area contributed by atoms with Crippen LogP contribution in [0.1, 0.15) is 55.6 Å². The van der Waals surface area contributed by atoms with Crippen LogP contribution in [0.2, 0.25) is 0 Å². The van der Waals surface area contributed by atoms with Gasteiger partial charge in [-0.1, -0.05) is 18.2 Å². The van der Waals surface area contributed by atoms with Crippen LogP contribution in [0.3, 0.4) is 0 Å². The van der Waals surface area contributed by atoms with Gasteiger partial charge < -0.3 is 14.6 Å². The lowest BCUT2D eigenvalue weighted by atomic mass is 9.85. The van der Waals surface area contributed by atoms with E-state index in [1.807, 2.05) is 18.2 Å². The average molecular weight is 492 g/mol. The number of aromatic nitrogens is 1. The summed E-state index contributed by atoms with van der Waals surface area (Å²) in [4.78, 5) is 17.2. The van der Waals surface area contributed by atoms with Crippen LogP contribution in [0.25, 0.3) is 32.8 Å². The van der Waals surface area contributed by atoms with Gasteiger partial charge >= 0.3 is 5.97 Å². The second-order valence-electron chi connectivity index (χ2n) is 10.1. The highest BCUT2D eigenvalue weighted by Gasteiger charge is 2.32. The van der Waals surface area contributed by atoms with Gasteiger partial charge in [0.2, 0.25) is 0 Å². The zero-order valence-corrected chi connectivity index (χ0v) is 20.6. The summed E-state index contributed by atoms with van der Waals surface area (Å²) >= 11 is 0. The minimum absolute atomic E-state index is 0.0928. The highest BCUT2D eigenvalue weighted by molar-refractivity contribution is 6.09. The van der Waals surface area contributed by atoms with Crippen molar-refractivity contribution in [3.8, 4) is 16.9 Å². The molecule has 1 N–H and O–H groups in total. The lowest BCUT2D eigenvalue weighted by Crippen LogP contribution is -2.28. The number of pyridine rings is 1. The Morgan fingerprint density at radius 2 is 1.92 bits per heavy atom. The van der Waals surface area contributed by atoms with Gasteiger partial charge in [0.15, 0.2) is 6.10 Å². The van der Waals surface area contributed by atoms with Gasteiger partial charge in [0, 0.05) is 34.7 Å². The number of carbonyl (C=O) groups is 1. The Bertz CT molecular complexity index is 1500. The van der Waals surface area contributed by atoms with E-state index in [2.05, 4.69) is 4.98 Å². The maximum Gasteiger partial charge on any atom is 0.337 e. The predicted molar refractivity (Wildman–Crippen MR) is 135 cm³/mol. The fourth-order valence-electron chi connectivity index (χ4n) is 5.04. The van der Waals surface area contributed by atoms with Crippen molar-refractivity contribution in [2.75, 3.05) is 6.61 Å². The van der Waals surface area contributed by atoms with E-state index in [4.69, 9.17) is 9.47 Å². The van der Waals surface area contributed by atoms with E-state index >= 15 is 0 Å². The molecule has 1 aromatic heterocycles. The second-order valence-corrected chi connectivity index (χ2v) is 10.1. The van der Waals surface area contributed by atoms with Crippen LogP contribution in [0.4, 0.5) is 8.78 Å². The quantitative estimate of drug-likeness (QED) is 0.320. The Morgan fingerprint density at radius 3 is 2.61 bits per heavy atom. The molecule has 0 bridgehead atoms. The first-order chi connectivity index (χ1) is 17.0. The predicted octanol–water partition coefficient (Wildman–Crippen LogP) is 7.18. The van der Waals surface area contributed by atoms with E-state index in [9.17, 15) is 18.7 Å². The summed E-state index contributed by atoms with van der Waals surface area (Å²) < 4.78 is 39.0. The second kappa shape index (κ2) is 8.82. The van der Waals surface area contributed by atoms with Gasteiger partial charge in [-0.15, -0.1) is 0 Å². The normalized spacial score (nSPS) is 14.3. The number of carboxylic acid groups (broad SMARTS) is 1. The van der Waals surface area contributed by atoms with Gasteiger partial charge in [0.1, 0.15) is 5.75 Å². The molecule has 1 atom stereocenters. The Morgan fingerprint density at radius 1 is 1.14 bits per heavy atom. The first-order valence-electron chi connectivity index (χ1n) is 11.8. The van der Waals surface area contributed by atoms with Crippen molar-refractivity contribution < 1.29 is 28.2 Å². The van der Waals surface area contributed by atoms with E-state index < -0.39 is 24.1 Å². The van der Waals surface area contributed by atoms with Gasteiger partial charge in [-0.05, 0) is 79.4 Å². The molecule has 0 fully saturated rings. The van der Waals surface area contributed by atoms with Crippen molar-refractivity contribution in [3.63, 3.8) is 0 Å². The largest absolute Gasteiger partial charge is 0.493 e. The summed E-state index contributed by atoms with van der Waals surface area (Å²) in [6.07, 6.45) is -1.42. The van der Waals surface area contributed by atoms with Crippen LogP contribution in [0.5, 0.6) is 5.75 Å². The fraction of sp³-hybridized carbons (Fsp3) is 0.310. The van der Waals surface area contributed by atoms with Crippen molar-refractivity contribution >= 4 is 27.6 Å². The molecule has 3 aromatic carbocycles. The third kappa shape index (κ3) is 4.17. The zero-order valence-electron chi connectivity index (χ0n) is 20.6. The number of carboxylic acids is 1. The molecule has 186 valence electrons. The first-order valence-corrected chi connectivity index (χ1v) is 11.8. The highest BCUT2D eigenvalue weighted by atomic mass is 19.3. The highest BCUT2D eigenvalue weighted by Crippen LogP contribution is 2.45. The lowest BCUT2D eigenvalue weighted by molar-refractivity contribution is -0.160. The maximum atomic E-state index is 13.5. The van der Waals surface area contributed by atoms with E-state index in [1.165, 1.54) is 12.1 Å². The Labute approximate surface area is 207 Å². The molecule has 7 heteroatoms. The Kier molecular flexibility index (Phi) is 5.91. The van der Waals surface area contributed by atoms with Gasteiger partial charge in [-0.25, -0.2) is 13.6 Å². The topological polar surface area (TPSA) is 68.7 Å². The number of hydrogen-bond acceptors (Lipinski definition) is 4. The summed E-state index contributed by atoms with van der Waals surface area (Å²) in [6, 6.07) is 11.9. The number of benzene rings is 3. The molecule has 36 heavy (non-hydrogen) atoms. The van der Waals surface area contributed by atoms with Crippen LogP contribution in [-0.2, 0) is 16.0 Å². The number of fused-ring (bicyclic) bond motifs is 1. The molecule has 5 nitrogen and oxygen atoms in total. The number of halogens is 2. The van der Waals surface area contributed by atoms with Gasteiger partial charge in [0.25, 0.3) is 6.43 Å². The molecule has 0 saturated carbocycles. The molecular formula is C29H27F2NO4. The summed E-state index contributed by atoms with van der Waals surface area (Å²) in [5, 5.41) is 12.4. The maximum absolute atomic E-state index is 13.5. The lowest BCUT2D eigenvalue weighted by Gasteiger charge is -2.29. The number of hydrogen-bond donors (Lipinski definition) is 1. The smallest absolute Gasteiger partial charge is 0.337 e. The van der Waals surface area contributed by atoms with E-state index in [0.717, 1.165) is 23.1 Å². The van der Waals surface area contributed by atoms with Crippen molar-refractivity contribution in [1.82, 2.24) is 4.98 Å². The van der Waals surface area contributed by atoms with Crippen LogP contribution < -0.4 is 4.74 Å². The average Bonchev–Trinajstić information content (AvgIpc) is 2.81. The molecule has 2 heterocycles. The monoisotopic (exact) mass is 491 g/mol. The number of nitrogens with zero attached hydrogens (tertiary/aromatic N) is 1. The van der Waals surface area contributed by atoms with Gasteiger partial charge in [0.05, 0.1) is 17.7 Å². The zero-order chi connectivity index (χ0) is 25.8. The van der Waals surface area contributed by atoms with E-state index in [-0.39, 0.29) is 5.56 Å². The summed E-state index contributed by atoms with van der Waals surface area (Å²) in [5.41, 5.74) is 3.38. The molecule has 4 aromatic rings. The van der Waals surface area contributed by atoms with Gasteiger partial charge in [-0.2, -0.15) is 0 Å². The SMILES string of the molecule is Cc1cc2cc(C(F)F)ccc2c(-c2ccc3c4c(ccnc24)CCO3)c1[C@H](OC(C)(C)C)C(=O)O. The van der Waals surface area contributed by atoms with Gasteiger partial charge in [-0.3, -0.25) is 4.98 Å². The van der Waals surface area contributed by atoms with Crippen LogP contribution >= 0.6 is 0 Å². The molecule has 1 aliphatic rings.